The van der Waals surface area contributed by atoms with Crippen molar-refractivity contribution in [2.45, 2.75) is 32.7 Å². The lowest BCUT2D eigenvalue weighted by molar-refractivity contribution is 0.415. The highest BCUT2D eigenvalue weighted by Gasteiger charge is 2.23. The van der Waals surface area contributed by atoms with Crippen molar-refractivity contribution in [3.8, 4) is 17.1 Å². The van der Waals surface area contributed by atoms with Gasteiger partial charge in [-0.15, -0.1) is 0 Å². The molecule has 25 heavy (non-hydrogen) atoms. The van der Waals surface area contributed by atoms with Crippen LogP contribution in [0, 0.1) is 6.92 Å². The van der Waals surface area contributed by atoms with Crippen LogP contribution in [0.25, 0.3) is 11.4 Å². The van der Waals surface area contributed by atoms with E-state index in [1.54, 1.807) is 7.11 Å². The Balaban J connectivity index is 1.65. The summed E-state index contributed by atoms with van der Waals surface area (Å²) in [5.74, 6) is 1.97. The summed E-state index contributed by atoms with van der Waals surface area (Å²) in [5.41, 5.74) is 3.82. The van der Waals surface area contributed by atoms with Crippen molar-refractivity contribution >= 4 is 33.8 Å². The van der Waals surface area contributed by atoms with E-state index in [4.69, 9.17) is 26.3 Å². The summed E-state index contributed by atoms with van der Waals surface area (Å²) >= 11 is 7.97. The number of fused-ring (bicyclic) bond motifs is 1. The molecule has 0 saturated heterocycles. The molecule has 0 aliphatic carbocycles. The van der Waals surface area contributed by atoms with Crippen LogP contribution in [0.1, 0.15) is 24.4 Å². The molecule has 1 N–H and O–H groups in total. The lowest BCUT2D eigenvalue weighted by Gasteiger charge is -2.15. The molecule has 7 heteroatoms. The van der Waals surface area contributed by atoms with Crippen LogP contribution in [0.15, 0.2) is 24.3 Å². The number of hydrogen-bond donors (Lipinski definition) is 1. The Kier molecular flexibility index (Phi) is 4.39. The van der Waals surface area contributed by atoms with Gasteiger partial charge in [-0.3, -0.25) is 0 Å². The Morgan fingerprint density at radius 1 is 1.20 bits per heavy atom. The van der Waals surface area contributed by atoms with Gasteiger partial charge in [-0.25, -0.2) is 9.97 Å². The molecule has 0 spiro atoms. The van der Waals surface area contributed by atoms with Crippen LogP contribution in [0.3, 0.4) is 0 Å². The first-order chi connectivity index (χ1) is 12.2. The van der Waals surface area contributed by atoms with Crippen LogP contribution in [0.5, 0.6) is 5.75 Å². The Morgan fingerprint density at radius 2 is 2.00 bits per heavy atom. The van der Waals surface area contributed by atoms with Crippen LogP contribution in [-0.4, -0.2) is 21.6 Å². The largest absolute Gasteiger partial charge is 0.497 e. The van der Waals surface area contributed by atoms with Gasteiger partial charge in [-0.05, 0) is 44.0 Å². The molecule has 0 bridgehead atoms. The highest BCUT2D eigenvalue weighted by Crippen LogP contribution is 2.39. The topological polar surface area (TPSA) is 52.0 Å². The number of anilines is 2. The van der Waals surface area contributed by atoms with Gasteiger partial charge < -0.3 is 14.6 Å². The maximum absolute atomic E-state index is 6.52. The number of aromatic nitrogens is 3. The number of imidazole rings is 1. The monoisotopic (exact) mass is 374 g/mol. The molecular weight excluding hydrogens is 356 g/mol. The molecule has 130 valence electrons. The summed E-state index contributed by atoms with van der Waals surface area (Å²) in [6, 6.07) is 7.74. The minimum absolute atomic E-state index is 0.687. The Morgan fingerprint density at radius 3 is 2.76 bits per heavy atom. The third-order valence-electron chi connectivity index (χ3n) is 4.40. The van der Waals surface area contributed by atoms with Crippen molar-refractivity contribution in [3.05, 3.63) is 40.1 Å². The number of benzene rings is 1. The highest BCUT2D eigenvalue weighted by molar-refractivity contribution is 7.20. The van der Waals surface area contributed by atoms with Crippen LogP contribution in [0.2, 0.25) is 4.34 Å². The number of thiazole rings is 1. The second-order valence-electron chi connectivity index (χ2n) is 6.07. The summed E-state index contributed by atoms with van der Waals surface area (Å²) in [6.45, 7) is 3.02. The van der Waals surface area contributed by atoms with E-state index >= 15 is 0 Å². The van der Waals surface area contributed by atoms with Crippen LogP contribution in [0.4, 0.5) is 10.8 Å². The number of rotatable bonds is 4. The van der Waals surface area contributed by atoms with Gasteiger partial charge in [0.25, 0.3) is 0 Å². The number of halogens is 1. The van der Waals surface area contributed by atoms with E-state index in [1.165, 1.54) is 24.2 Å². The zero-order valence-corrected chi connectivity index (χ0v) is 15.7. The van der Waals surface area contributed by atoms with E-state index in [-0.39, 0.29) is 0 Å². The van der Waals surface area contributed by atoms with E-state index in [2.05, 4.69) is 9.88 Å². The van der Waals surface area contributed by atoms with E-state index in [9.17, 15) is 0 Å². The van der Waals surface area contributed by atoms with Crippen molar-refractivity contribution in [1.29, 1.82) is 0 Å². The van der Waals surface area contributed by atoms with Gasteiger partial charge in [-0.1, -0.05) is 22.9 Å². The smallest absolute Gasteiger partial charge is 0.189 e. The molecule has 1 aliphatic heterocycles. The van der Waals surface area contributed by atoms with Gasteiger partial charge >= 0.3 is 0 Å². The van der Waals surface area contributed by atoms with Crippen molar-refractivity contribution in [2.24, 2.45) is 0 Å². The lowest BCUT2D eigenvalue weighted by Crippen LogP contribution is -2.11. The van der Waals surface area contributed by atoms with Gasteiger partial charge in [0.15, 0.2) is 5.13 Å². The maximum Gasteiger partial charge on any atom is 0.189 e. The summed E-state index contributed by atoms with van der Waals surface area (Å²) in [7, 11) is 1.66. The first kappa shape index (κ1) is 16.4. The zero-order valence-electron chi connectivity index (χ0n) is 14.2. The molecule has 2 aromatic heterocycles. The van der Waals surface area contributed by atoms with Gasteiger partial charge in [0.2, 0.25) is 0 Å². The fourth-order valence-electron chi connectivity index (χ4n) is 3.21. The van der Waals surface area contributed by atoms with E-state index in [0.29, 0.717) is 4.34 Å². The normalized spacial score (nSPS) is 13.6. The number of nitrogens with zero attached hydrogens (tertiary/aromatic N) is 3. The van der Waals surface area contributed by atoms with E-state index in [1.807, 2.05) is 31.2 Å². The Bertz CT molecular complexity index is 901. The second kappa shape index (κ2) is 6.69. The highest BCUT2D eigenvalue weighted by atomic mass is 35.5. The average Bonchev–Trinajstić information content (AvgIpc) is 3.13. The summed E-state index contributed by atoms with van der Waals surface area (Å²) < 4.78 is 8.15. The molecule has 3 heterocycles. The molecule has 1 aliphatic rings. The fourth-order valence-corrected chi connectivity index (χ4v) is 4.28. The molecule has 3 aromatic rings. The maximum atomic E-state index is 6.52. The molecule has 1 aromatic carbocycles. The molecule has 0 amide bonds. The van der Waals surface area contributed by atoms with Crippen molar-refractivity contribution in [2.75, 3.05) is 12.4 Å². The fraction of sp³-hybridized carbons (Fsp3) is 0.333. The van der Waals surface area contributed by atoms with Crippen molar-refractivity contribution in [3.63, 3.8) is 0 Å². The molecule has 0 unspecified atom stereocenters. The molecule has 0 atom stereocenters. The third-order valence-corrected chi connectivity index (χ3v) is 5.57. The lowest BCUT2D eigenvalue weighted by atomic mass is 10.1. The van der Waals surface area contributed by atoms with Crippen LogP contribution < -0.4 is 10.1 Å². The van der Waals surface area contributed by atoms with Gasteiger partial charge in [0.05, 0.1) is 18.5 Å². The van der Waals surface area contributed by atoms with E-state index < -0.39 is 0 Å². The average molecular weight is 375 g/mol. The minimum atomic E-state index is 0.687. The SMILES string of the molecule is COc1ccc(Nc2nc(-c3c(C)nc4n3CCCC4)c(Cl)s2)cc1. The van der Waals surface area contributed by atoms with Crippen LogP contribution >= 0.6 is 22.9 Å². The molecule has 0 fully saturated rings. The van der Waals surface area contributed by atoms with Gasteiger partial charge in [-0.2, -0.15) is 0 Å². The van der Waals surface area contributed by atoms with E-state index in [0.717, 1.165) is 52.4 Å². The quantitative estimate of drug-likeness (QED) is 0.693. The first-order valence-corrected chi connectivity index (χ1v) is 9.49. The Labute approximate surface area is 155 Å². The number of nitrogens with one attached hydrogen (secondary N) is 1. The minimum Gasteiger partial charge on any atom is -0.497 e. The standard InChI is InChI=1S/C18H19ClN4OS/c1-11-16(23-10-4-3-5-14(23)20-11)15-17(19)25-18(22-15)21-12-6-8-13(24-2)9-7-12/h6-9H,3-5,10H2,1-2H3,(H,21,22). The predicted molar refractivity (Wildman–Crippen MR) is 102 cm³/mol. The Hall–Kier alpha value is -2.05. The van der Waals surface area contributed by atoms with Crippen molar-refractivity contribution in [1.82, 2.24) is 14.5 Å². The first-order valence-electron chi connectivity index (χ1n) is 8.29. The number of aryl methyl sites for hydroxylation is 2. The molecule has 0 saturated carbocycles. The predicted octanol–water partition coefficient (Wildman–Crippen LogP) is 5.06. The summed E-state index contributed by atoms with van der Waals surface area (Å²) in [5, 5.41) is 4.09. The van der Waals surface area contributed by atoms with Gasteiger partial charge in [0.1, 0.15) is 21.6 Å². The van der Waals surface area contributed by atoms with Crippen LogP contribution in [-0.2, 0) is 13.0 Å². The zero-order chi connectivity index (χ0) is 17.4. The second-order valence-corrected chi connectivity index (χ2v) is 7.67. The third kappa shape index (κ3) is 3.12. The van der Waals surface area contributed by atoms with Crippen molar-refractivity contribution < 1.29 is 4.74 Å². The summed E-state index contributed by atoms with van der Waals surface area (Å²) in [6.07, 6.45) is 3.40. The number of methoxy groups -OCH3 is 1. The molecular formula is C18H19ClN4OS. The molecule has 5 nitrogen and oxygen atoms in total. The molecule has 0 radical (unpaired) electrons. The number of hydrogen-bond acceptors (Lipinski definition) is 5. The molecule has 4 rings (SSSR count). The summed E-state index contributed by atoms with van der Waals surface area (Å²) in [4.78, 5) is 9.46. The number of ether oxygens (including phenoxy) is 1. The van der Waals surface area contributed by atoms with Gasteiger partial charge in [0, 0.05) is 18.7 Å².